The van der Waals surface area contributed by atoms with Crippen molar-refractivity contribution in [1.82, 2.24) is 9.78 Å². The van der Waals surface area contributed by atoms with Gasteiger partial charge in [-0.25, -0.2) is 0 Å². The van der Waals surface area contributed by atoms with E-state index in [2.05, 4.69) is 5.10 Å². The van der Waals surface area contributed by atoms with E-state index in [0.717, 1.165) is 0 Å². The molecule has 21 heavy (non-hydrogen) atoms. The largest absolute Gasteiger partial charge is 0.310 e. The summed E-state index contributed by atoms with van der Waals surface area (Å²) in [6.07, 6.45) is 1.97. The predicted molar refractivity (Wildman–Crippen MR) is 81.0 cm³/mol. The van der Waals surface area contributed by atoms with E-state index >= 15 is 0 Å². The van der Waals surface area contributed by atoms with Gasteiger partial charge in [-0.15, -0.1) is 11.6 Å². The van der Waals surface area contributed by atoms with E-state index in [0.29, 0.717) is 30.2 Å². The molecule has 1 aromatic heterocycles. The van der Waals surface area contributed by atoms with E-state index in [1.807, 2.05) is 18.2 Å². The maximum Gasteiger partial charge on any atom is 0.273 e. The van der Waals surface area contributed by atoms with Gasteiger partial charge in [-0.3, -0.25) is 9.59 Å². The summed E-state index contributed by atoms with van der Waals surface area (Å²) in [5, 5.41) is 4.16. The van der Waals surface area contributed by atoms with Crippen LogP contribution >= 0.6 is 11.6 Å². The molecule has 6 heteroatoms. The first-order chi connectivity index (χ1) is 10.2. The monoisotopic (exact) mass is 303 g/mol. The summed E-state index contributed by atoms with van der Waals surface area (Å²) in [4.78, 5) is 25.7. The summed E-state index contributed by atoms with van der Waals surface area (Å²) < 4.78 is 1.31. The molecule has 108 valence electrons. The fraction of sp³-hybridized carbons (Fsp3) is 0.267. The number of carbonyl (C=O) groups is 1. The minimum absolute atomic E-state index is 0.0145. The van der Waals surface area contributed by atoms with Crippen molar-refractivity contribution in [3.8, 4) is 5.69 Å². The van der Waals surface area contributed by atoms with Crippen LogP contribution in [0.3, 0.4) is 0 Å². The lowest BCUT2D eigenvalue weighted by atomic mass is 10.1. The van der Waals surface area contributed by atoms with Crippen LogP contribution in [0.4, 0.5) is 5.69 Å². The van der Waals surface area contributed by atoms with Crippen molar-refractivity contribution < 1.29 is 4.79 Å². The second-order valence-corrected chi connectivity index (χ2v) is 5.34. The highest BCUT2D eigenvalue weighted by atomic mass is 35.5. The molecule has 1 amide bonds. The minimum atomic E-state index is -0.263. The van der Waals surface area contributed by atoms with Gasteiger partial charge < -0.3 is 4.90 Å². The maximum absolute atomic E-state index is 12.2. The molecule has 1 atom stereocenters. The Bertz CT molecular complexity index is 714. The molecule has 1 aliphatic heterocycles. The molecule has 5 nitrogen and oxygen atoms in total. The van der Waals surface area contributed by atoms with Crippen molar-refractivity contribution >= 4 is 23.2 Å². The van der Waals surface area contributed by atoms with Crippen LogP contribution in [0.2, 0.25) is 0 Å². The zero-order valence-corrected chi connectivity index (χ0v) is 12.0. The minimum Gasteiger partial charge on any atom is -0.310 e. The number of aromatic nitrogens is 2. The van der Waals surface area contributed by atoms with E-state index in [4.69, 9.17) is 11.6 Å². The van der Waals surface area contributed by atoms with Crippen LogP contribution in [0.1, 0.15) is 6.42 Å². The predicted octanol–water partition coefficient (Wildman–Crippen LogP) is 1.82. The third-order valence-corrected chi connectivity index (χ3v) is 3.96. The molecule has 0 aliphatic carbocycles. The van der Waals surface area contributed by atoms with Crippen LogP contribution in [0.15, 0.2) is 47.4 Å². The number of amides is 1. The highest BCUT2D eigenvalue weighted by Crippen LogP contribution is 2.24. The second kappa shape index (κ2) is 5.69. The molecule has 0 radical (unpaired) electrons. The molecule has 0 spiro atoms. The lowest BCUT2D eigenvalue weighted by Crippen LogP contribution is -2.28. The summed E-state index contributed by atoms with van der Waals surface area (Å²) in [6, 6.07) is 10.6. The zero-order valence-electron chi connectivity index (χ0n) is 11.3. The molecule has 1 fully saturated rings. The number of anilines is 1. The molecule has 0 bridgehead atoms. The second-order valence-electron chi connectivity index (χ2n) is 5.03. The van der Waals surface area contributed by atoms with Crippen LogP contribution in [0.5, 0.6) is 0 Å². The molecule has 1 aliphatic rings. The molecule has 1 saturated heterocycles. The van der Waals surface area contributed by atoms with Gasteiger partial charge in [0.1, 0.15) is 0 Å². The Labute approximate surface area is 126 Å². The SMILES string of the molecule is O=C1CC(CCl)CN1c1cnn(-c2ccccc2)c(=O)c1. The number of hydrogen-bond acceptors (Lipinski definition) is 3. The van der Waals surface area contributed by atoms with E-state index in [9.17, 15) is 9.59 Å². The van der Waals surface area contributed by atoms with Gasteiger partial charge in [-0.2, -0.15) is 9.78 Å². The van der Waals surface area contributed by atoms with Gasteiger partial charge in [0.2, 0.25) is 5.91 Å². The molecule has 1 unspecified atom stereocenters. The third-order valence-electron chi connectivity index (χ3n) is 3.52. The van der Waals surface area contributed by atoms with E-state index < -0.39 is 0 Å². The fourth-order valence-electron chi connectivity index (χ4n) is 2.44. The summed E-state index contributed by atoms with van der Waals surface area (Å²) in [5.74, 6) is 0.562. The smallest absolute Gasteiger partial charge is 0.273 e. The lowest BCUT2D eigenvalue weighted by Gasteiger charge is -2.16. The third kappa shape index (κ3) is 2.69. The van der Waals surface area contributed by atoms with Crippen molar-refractivity contribution in [2.24, 2.45) is 5.92 Å². The molecular formula is C15H14ClN3O2. The average molecular weight is 304 g/mol. The van der Waals surface area contributed by atoms with Gasteiger partial charge >= 0.3 is 0 Å². The normalized spacial score (nSPS) is 18.2. The standard InChI is InChI=1S/C15H14ClN3O2/c16-8-11-6-14(20)18(10-11)13-7-15(21)19(17-9-13)12-4-2-1-3-5-12/h1-5,7,9,11H,6,8,10H2. The number of alkyl halides is 1. The Hall–Kier alpha value is -2.14. The molecule has 1 aromatic carbocycles. The first-order valence-corrected chi connectivity index (χ1v) is 7.23. The van der Waals surface area contributed by atoms with Gasteiger partial charge in [0, 0.05) is 24.9 Å². The number of benzene rings is 1. The van der Waals surface area contributed by atoms with E-state index in [-0.39, 0.29) is 17.4 Å². The lowest BCUT2D eigenvalue weighted by molar-refractivity contribution is -0.117. The number of halogens is 1. The number of nitrogens with zero attached hydrogens (tertiary/aromatic N) is 3. The summed E-state index contributed by atoms with van der Waals surface area (Å²) in [7, 11) is 0. The Morgan fingerprint density at radius 3 is 2.57 bits per heavy atom. The molecule has 0 saturated carbocycles. The summed E-state index contributed by atoms with van der Waals surface area (Å²) in [6.45, 7) is 0.540. The zero-order chi connectivity index (χ0) is 14.8. The van der Waals surface area contributed by atoms with Crippen molar-refractivity contribution in [2.45, 2.75) is 6.42 Å². The summed E-state index contributed by atoms with van der Waals surface area (Å²) in [5.41, 5.74) is 0.964. The van der Waals surface area contributed by atoms with Crippen molar-refractivity contribution in [1.29, 1.82) is 0 Å². The van der Waals surface area contributed by atoms with Crippen LogP contribution in [0.25, 0.3) is 5.69 Å². The van der Waals surface area contributed by atoms with Crippen molar-refractivity contribution in [3.05, 3.63) is 52.9 Å². The van der Waals surface area contributed by atoms with Gasteiger partial charge in [-0.05, 0) is 18.1 Å². The van der Waals surface area contributed by atoms with Crippen LogP contribution in [-0.2, 0) is 4.79 Å². The van der Waals surface area contributed by atoms with E-state index in [1.54, 1.807) is 23.2 Å². The fourth-order valence-corrected chi connectivity index (χ4v) is 2.65. The van der Waals surface area contributed by atoms with Gasteiger partial charge in [-0.1, -0.05) is 18.2 Å². The number of rotatable bonds is 3. The quantitative estimate of drug-likeness (QED) is 0.813. The summed E-state index contributed by atoms with van der Waals surface area (Å²) >= 11 is 5.80. The Morgan fingerprint density at radius 2 is 1.95 bits per heavy atom. The Balaban J connectivity index is 1.92. The topological polar surface area (TPSA) is 55.2 Å². The highest BCUT2D eigenvalue weighted by molar-refractivity contribution is 6.18. The Morgan fingerprint density at radius 1 is 1.19 bits per heavy atom. The molecule has 2 heterocycles. The number of hydrogen-bond donors (Lipinski definition) is 0. The van der Waals surface area contributed by atoms with Gasteiger partial charge in [0.15, 0.2) is 0 Å². The average Bonchev–Trinajstić information content (AvgIpc) is 2.89. The molecule has 0 N–H and O–H groups in total. The first kappa shape index (κ1) is 13.8. The van der Waals surface area contributed by atoms with Crippen molar-refractivity contribution in [3.63, 3.8) is 0 Å². The first-order valence-electron chi connectivity index (χ1n) is 6.70. The van der Waals surface area contributed by atoms with Crippen molar-refractivity contribution in [2.75, 3.05) is 17.3 Å². The van der Waals surface area contributed by atoms with Crippen LogP contribution < -0.4 is 10.5 Å². The van der Waals surface area contributed by atoms with Gasteiger partial charge in [0.25, 0.3) is 5.56 Å². The maximum atomic E-state index is 12.2. The van der Waals surface area contributed by atoms with Crippen LogP contribution in [0, 0.1) is 5.92 Å². The molecule has 3 rings (SSSR count). The molecule has 2 aromatic rings. The molecular weight excluding hydrogens is 290 g/mol. The van der Waals surface area contributed by atoms with Crippen LogP contribution in [-0.4, -0.2) is 28.1 Å². The Kier molecular flexibility index (Phi) is 3.75. The van der Waals surface area contributed by atoms with Gasteiger partial charge in [0.05, 0.1) is 17.6 Å². The number of para-hydroxylation sites is 1. The number of carbonyl (C=O) groups excluding carboxylic acids is 1. The highest BCUT2D eigenvalue weighted by Gasteiger charge is 2.30. The van der Waals surface area contributed by atoms with E-state index in [1.165, 1.54) is 10.7 Å².